The second-order valence-corrected chi connectivity index (χ2v) is 23.2. The van der Waals surface area contributed by atoms with Gasteiger partial charge in [0.15, 0.2) is 0 Å². The van der Waals surface area contributed by atoms with Gasteiger partial charge in [-0.25, -0.2) is 0 Å². The highest BCUT2D eigenvalue weighted by atomic mass is 16.5. The van der Waals surface area contributed by atoms with Crippen molar-refractivity contribution in [1.29, 1.82) is 0 Å². The predicted octanol–water partition coefficient (Wildman–Crippen LogP) is 18.8. The number of hydrogen-bond donors (Lipinski definition) is 6. The van der Waals surface area contributed by atoms with Gasteiger partial charge in [0.05, 0.1) is 6.26 Å². The van der Waals surface area contributed by atoms with Crippen LogP contribution in [0.1, 0.15) is 283 Å². The normalized spacial score (nSPS) is 12.7. The van der Waals surface area contributed by atoms with Crippen LogP contribution >= 0.6 is 0 Å². The summed E-state index contributed by atoms with van der Waals surface area (Å²) in [5, 5.41) is 22.2. The zero-order valence-corrected chi connectivity index (χ0v) is 51.0. The number of benzene rings is 2. The lowest BCUT2D eigenvalue weighted by Crippen LogP contribution is -2.50. The standard InChI is InChI=1S/C69H128N6O/c1-6-9-11-13-15-17-19-21-27-35-45-65-47-51-67(52-48-65)74-61-43-33-39-57-70-55-37-29-23-25-31-41-59-72-63(4)69(76-8-3)64(5)73-60-42-32-26-24-30-38-56-71-58-40-34-44-62-75-68-53-49-66(50-54-68)46-36-28-22-20-18-16-14-12-10-7-2/h8,47-54,63-64,69-75H,3,6-7,9-46,55-62H2,1-2,4-5H3. The molecule has 0 saturated heterocycles. The van der Waals surface area contributed by atoms with Crippen molar-refractivity contribution in [2.24, 2.45) is 0 Å². The van der Waals surface area contributed by atoms with Crippen molar-refractivity contribution in [1.82, 2.24) is 21.3 Å². The van der Waals surface area contributed by atoms with Gasteiger partial charge in [-0.15, -0.1) is 0 Å². The molecule has 0 aliphatic carbocycles. The van der Waals surface area contributed by atoms with Crippen molar-refractivity contribution < 1.29 is 4.74 Å². The monoisotopic (exact) mass is 1060 g/mol. The molecule has 2 aromatic carbocycles. The van der Waals surface area contributed by atoms with Gasteiger partial charge in [0, 0.05) is 36.5 Å². The van der Waals surface area contributed by atoms with Crippen molar-refractivity contribution in [3.05, 3.63) is 72.5 Å². The van der Waals surface area contributed by atoms with Crippen LogP contribution in [-0.2, 0) is 17.6 Å². The molecule has 7 nitrogen and oxygen atoms in total. The molecule has 2 unspecified atom stereocenters. The van der Waals surface area contributed by atoms with Crippen LogP contribution in [-0.4, -0.2) is 70.5 Å². The van der Waals surface area contributed by atoms with Crippen LogP contribution in [0.4, 0.5) is 11.4 Å². The van der Waals surface area contributed by atoms with Gasteiger partial charge in [0.2, 0.25) is 0 Å². The first kappa shape index (κ1) is 69.5. The maximum Gasteiger partial charge on any atom is 0.128 e. The zero-order valence-electron chi connectivity index (χ0n) is 51.0. The van der Waals surface area contributed by atoms with Crippen LogP contribution in [0.3, 0.4) is 0 Å². The van der Waals surface area contributed by atoms with Crippen LogP contribution in [0.15, 0.2) is 61.4 Å². The Bertz CT molecular complexity index is 1360. The summed E-state index contributed by atoms with van der Waals surface area (Å²) in [6.45, 7) is 21.9. The molecule has 6 N–H and O–H groups in total. The first-order chi connectivity index (χ1) is 37.6. The quantitative estimate of drug-likeness (QED) is 0.0291. The molecule has 0 bridgehead atoms. The predicted molar refractivity (Wildman–Crippen MR) is 340 cm³/mol. The van der Waals surface area contributed by atoms with E-state index in [0.717, 1.165) is 52.4 Å². The molecular weight excluding hydrogens is 929 g/mol. The Morgan fingerprint density at radius 1 is 0.342 bits per heavy atom. The minimum absolute atomic E-state index is 0.0874. The first-order valence-corrected chi connectivity index (χ1v) is 33.4. The van der Waals surface area contributed by atoms with E-state index in [1.54, 1.807) is 6.26 Å². The highest BCUT2D eigenvalue weighted by molar-refractivity contribution is 5.45. The van der Waals surface area contributed by atoms with Gasteiger partial charge in [0.25, 0.3) is 0 Å². The second kappa shape index (κ2) is 54.4. The molecule has 0 amide bonds. The van der Waals surface area contributed by atoms with Crippen molar-refractivity contribution in [3.63, 3.8) is 0 Å². The van der Waals surface area contributed by atoms with E-state index < -0.39 is 0 Å². The Morgan fingerprint density at radius 3 is 0.921 bits per heavy atom. The third-order valence-electron chi connectivity index (χ3n) is 16.0. The SMILES string of the molecule is C=COC(C(C)NCCCCCCCCNCCCCCNc1ccc(CCCCCCCCCCCC)cc1)C(C)NCCCCCCCCNCCCCCNc1ccc(CCCCCCCCCCCC)cc1. The summed E-state index contributed by atoms with van der Waals surface area (Å²) < 4.78 is 6.03. The van der Waals surface area contributed by atoms with Gasteiger partial charge in [-0.1, -0.05) is 224 Å². The summed E-state index contributed by atoms with van der Waals surface area (Å²) in [6.07, 6.45) is 55.6. The fourth-order valence-corrected chi connectivity index (χ4v) is 10.9. The summed E-state index contributed by atoms with van der Waals surface area (Å²) >= 11 is 0. The molecule has 0 radical (unpaired) electrons. The van der Waals surface area contributed by atoms with E-state index in [4.69, 9.17) is 4.74 Å². The highest BCUT2D eigenvalue weighted by Crippen LogP contribution is 2.18. The Kier molecular flexibility index (Phi) is 49.7. The Balaban J connectivity index is 1.30. The molecule has 2 atom stereocenters. The number of ether oxygens (including phenoxy) is 1. The molecular formula is C69H128N6O. The average Bonchev–Trinajstić information content (AvgIpc) is 3.43. The number of unbranched alkanes of at least 4 members (excludes halogenated alkanes) is 32. The Morgan fingerprint density at radius 2 is 0.605 bits per heavy atom. The molecule has 76 heavy (non-hydrogen) atoms. The van der Waals surface area contributed by atoms with Gasteiger partial charge in [-0.05, 0) is 166 Å². The van der Waals surface area contributed by atoms with E-state index in [-0.39, 0.29) is 18.2 Å². The van der Waals surface area contributed by atoms with Gasteiger partial charge in [0.1, 0.15) is 6.10 Å². The highest BCUT2D eigenvalue weighted by Gasteiger charge is 2.23. The lowest BCUT2D eigenvalue weighted by Gasteiger charge is -2.30. The molecule has 2 rings (SSSR count). The summed E-state index contributed by atoms with van der Waals surface area (Å²) in [6, 6.07) is 19.0. The van der Waals surface area contributed by atoms with Crippen LogP contribution in [0.2, 0.25) is 0 Å². The maximum atomic E-state index is 6.03. The van der Waals surface area contributed by atoms with Crippen LogP contribution < -0.4 is 31.9 Å². The lowest BCUT2D eigenvalue weighted by molar-refractivity contribution is 0.0792. The van der Waals surface area contributed by atoms with Crippen LogP contribution in [0, 0.1) is 0 Å². The Labute approximate surface area is 473 Å². The van der Waals surface area contributed by atoms with Gasteiger partial charge in [-0.3, -0.25) is 0 Å². The van der Waals surface area contributed by atoms with E-state index >= 15 is 0 Å². The number of aryl methyl sites for hydroxylation is 2. The largest absolute Gasteiger partial charge is 0.495 e. The zero-order chi connectivity index (χ0) is 54.3. The van der Waals surface area contributed by atoms with Crippen LogP contribution in [0.5, 0.6) is 0 Å². The third kappa shape index (κ3) is 43.3. The van der Waals surface area contributed by atoms with Gasteiger partial charge >= 0.3 is 0 Å². The first-order valence-electron chi connectivity index (χ1n) is 33.4. The number of hydrogen-bond acceptors (Lipinski definition) is 7. The van der Waals surface area contributed by atoms with Gasteiger partial charge < -0.3 is 36.6 Å². The van der Waals surface area contributed by atoms with E-state index in [1.165, 1.54) is 279 Å². The van der Waals surface area contributed by atoms with Crippen molar-refractivity contribution in [2.75, 3.05) is 63.0 Å². The summed E-state index contributed by atoms with van der Waals surface area (Å²) in [4.78, 5) is 0. The number of anilines is 2. The average molecular weight is 1060 g/mol. The van der Waals surface area contributed by atoms with E-state index in [9.17, 15) is 0 Å². The minimum Gasteiger partial charge on any atom is -0.495 e. The molecule has 0 heterocycles. The van der Waals surface area contributed by atoms with Crippen molar-refractivity contribution in [3.8, 4) is 0 Å². The summed E-state index contributed by atoms with van der Waals surface area (Å²) in [7, 11) is 0. The molecule has 0 spiro atoms. The fraction of sp³-hybridized carbons (Fsp3) is 0.797. The smallest absolute Gasteiger partial charge is 0.128 e. The molecule has 0 aliphatic heterocycles. The van der Waals surface area contributed by atoms with E-state index in [0.29, 0.717) is 0 Å². The Hall–Kier alpha value is -2.58. The molecule has 0 aromatic heterocycles. The third-order valence-corrected chi connectivity index (χ3v) is 16.0. The van der Waals surface area contributed by atoms with Crippen molar-refractivity contribution in [2.45, 2.75) is 303 Å². The van der Waals surface area contributed by atoms with Crippen LogP contribution in [0.25, 0.3) is 0 Å². The second-order valence-electron chi connectivity index (χ2n) is 23.2. The molecule has 2 aromatic rings. The maximum absolute atomic E-state index is 6.03. The van der Waals surface area contributed by atoms with Crippen molar-refractivity contribution >= 4 is 11.4 Å². The topological polar surface area (TPSA) is 81.4 Å². The summed E-state index contributed by atoms with van der Waals surface area (Å²) in [5.74, 6) is 0. The molecule has 7 heteroatoms. The van der Waals surface area contributed by atoms with E-state index in [2.05, 4.69) is 115 Å². The summed E-state index contributed by atoms with van der Waals surface area (Å²) in [5.41, 5.74) is 5.52. The fourth-order valence-electron chi connectivity index (χ4n) is 10.9. The minimum atomic E-state index is 0.0874. The number of nitrogens with one attached hydrogen (secondary N) is 6. The number of rotatable bonds is 60. The molecule has 0 fully saturated rings. The molecule has 0 saturated carbocycles. The van der Waals surface area contributed by atoms with Gasteiger partial charge in [-0.2, -0.15) is 0 Å². The van der Waals surface area contributed by atoms with E-state index in [1.807, 2.05) is 0 Å². The molecule has 0 aliphatic rings. The lowest BCUT2D eigenvalue weighted by atomic mass is 10.0. The molecule has 440 valence electrons.